The monoisotopic (exact) mass is 250 g/mol. The maximum atomic E-state index is 5.39. The third-order valence-electron chi connectivity index (χ3n) is 3.39. The van der Waals surface area contributed by atoms with Gasteiger partial charge in [0.1, 0.15) is 6.33 Å². The number of methoxy groups -OCH3 is 1. The highest BCUT2D eigenvalue weighted by molar-refractivity contribution is 5.63. The van der Waals surface area contributed by atoms with Gasteiger partial charge in [-0.25, -0.2) is 9.97 Å². The molecule has 1 saturated carbocycles. The van der Waals surface area contributed by atoms with Crippen molar-refractivity contribution in [3.63, 3.8) is 0 Å². The van der Waals surface area contributed by atoms with Crippen LogP contribution in [0.4, 0.5) is 11.6 Å². The highest BCUT2D eigenvalue weighted by Crippen LogP contribution is 2.30. The highest BCUT2D eigenvalue weighted by Gasteiger charge is 2.17. The van der Waals surface area contributed by atoms with Gasteiger partial charge in [-0.3, -0.25) is 0 Å². The van der Waals surface area contributed by atoms with E-state index in [4.69, 9.17) is 4.74 Å². The number of rotatable bonds is 6. The van der Waals surface area contributed by atoms with Crippen molar-refractivity contribution in [1.29, 1.82) is 0 Å². The van der Waals surface area contributed by atoms with Gasteiger partial charge in [-0.15, -0.1) is 0 Å². The van der Waals surface area contributed by atoms with Crippen LogP contribution in [0.3, 0.4) is 0 Å². The molecule has 100 valence electrons. The zero-order valence-electron chi connectivity index (χ0n) is 11.2. The van der Waals surface area contributed by atoms with Crippen LogP contribution in [-0.4, -0.2) is 30.2 Å². The molecule has 1 aromatic heterocycles. The number of aromatic nitrogens is 2. The lowest BCUT2D eigenvalue weighted by atomic mass is 10.1. The maximum absolute atomic E-state index is 5.39. The van der Waals surface area contributed by atoms with E-state index in [0.29, 0.717) is 5.75 Å². The molecule has 5 heteroatoms. The zero-order chi connectivity index (χ0) is 12.8. The van der Waals surface area contributed by atoms with Crippen molar-refractivity contribution in [3.05, 3.63) is 6.33 Å². The summed E-state index contributed by atoms with van der Waals surface area (Å²) in [5.41, 5.74) is 0. The number of hydrogen-bond acceptors (Lipinski definition) is 5. The average molecular weight is 250 g/mol. The molecule has 2 N–H and O–H groups in total. The molecule has 0 bridgehead atoms. The summed E-state index contributed by atoms with van der Waals surface area (Å²) in [5, 5.41) is 6.57. The summed E-state index contributed by atoms with van der Waals surface area (Å²) in [6.07, 6.45) is 6.92. The summed E-state index contributed by atoms with van der Waals surface area (Å²) < 4.78 is 5.39. The van der Waals surface area contributed by atoms with E-state index in [1.807, 2.05) is 6.92 Å². The molecule has 0 atom stereocenters. The first-order chi connectivity index (χ1) is 8.85. The minimum atomic E-state index is 0.706. The van der Waals surface area contributed by atoms with Crippen LogP contribution >= 0.6 is 0 Å². The topological polar surface area (TPSA) is 59.1 Å². The Morgan fingerprint density at radius 2 is 1.89 bits per heavy atom. The van der Waals surface area contributed by atoms with Gasteiger partial charge in [0.2, 0.25) is 5.75 Å². The van der Waals surface area contributed by atoms with E-state index < -0.39 is 0 Å². The molecule has 5 nitrogen and oxygen atoms in total. The smallest absolute Gasteiger partial charge is 0.204 e. The van der Waals surface area contributed by atoms with Crippen LogP contribution < -0.4 is 15.4 Å². The Labute approximate surface area is 108 Å². The molecule has 2 rings (SSSR count). The molecule has 1 fully saturated rings. The summed E-state index contributed by atoms with van der Waals surface area (Å²) in [4.78, 5) is 8.46. The molecule has 0 unspecified atom stereocenters. The molecule has 0 radical (unpaired) electrons. The Bertz CT molecular complexity index is 377. The maximum Gasteiger partial charge on any atom is 0.204 e. The van der Waals surface area contributed by atoms with Crippen molar-refractivity contribution in [2.45, 2.75) is 32.6 Å². The first-order valence-electron chi connectivity index (χ1n) is 6.71. The van der Waals surface area contributed by atoms with Crippen molar-refractivity contribution in [3.8, 4) is 5.75 Å². The van der Waals surface area contributed by atoms with E-state index in [1.54, 1.807) is 13.4 Å². The lowest BCUT2D eigenvalue weighted by molar-refractivity contribution is 0.414. The van der Waals surface area contributed by atoms with E-state index in [2.05, 4.69) is 20.6 Å². The largest absolute Gasteiger partial charge is 0.490 e. The molecular formula is C13H22N4O. The predicted molar refractivity (Wildman–Crippen MR) is 73.2 cm³/mol. The van der Waals surface area contributed by atoms with Crippen LogP contribution in [-0.2, 0) is 0 Å². The Morgan fingerprint density at radius 1 is 1.22 bits per heavy atom. The molecular weight excluding hydrogens is 228 g/mol. The molecule has 0 spiro atoms. The molecule has 1 aromatic rings. The van der Waals surface area contributed by atoms with Gasteiger partial charge in [-0.2, -0.15) is 0 Å². The lowest BCUT2D eigenvalue weighted by Crippen LogP contribution is -2.14. The molecule has 0 amide bonds. The summed E-state index contributed by atoms with van der Waals surface area (Å²) in [6.45, 7) is 3.82. The SMILES string of the molecule is CCNc1ncnc(NCC2CCCC2)c1OC. The first kappa shape index (κ1) is 12.9. The van der Waals surface area contributed by atoms with E-state index in [9.17, 15) is 0 Å². The Morgan fingerprint density at radius 3 is 2.50 bits per heavy atom. The summed E-state index contributed by atoms with van der Waals surface area (Å²) in [6, 6.07) is 0. The third-order valence-corrected chi connectivity index (χ3v) is 3.39. The predicted octanol–water partition coefficient (Wildman–Crippen LogP) is 2.52. The summed E-state index contributed by atoms with van der Waals surface area (Å²) >= 11 is 0. The second-order valence-corrected chi connectivity index (χ2v) is 4.67. The normalized spacial score (nSPS) is 15.7. The minimum absolute atomic E-state index is 0.706. The number of anilines is 2. The van der Waals surface area contributed by atoms with Crippen LogP contribution in [0.15, 0.2) is 6.33 Å². The second-order valence-electron chi connectivity index (χ2n) is 4.67. The van der Waals surface area contributed by atoms with Crippen LogP contribution in [0.25, 0.3) is 0 Å². The molecule has 1 heterocycles. The average Bonchev–Trinajstić information content (AvgIpc) is 2.90. The van der Waals surface area contributed by atoms with E-state index in [0.717, 1.165) is 30.6 Å². The first-order valence-corrected chi connectivity index (χ1v) is 6.71. The second kappa shape index (κ2) is 6.42. The molecule has 0 saturated heterocycles. The Balaban J connectivity index is 2.03. The van der Waals surface area contributed by atoms with Gasteiger partial charge in [0, 0.05) is 13.1 Å². The standard InChI is InChI=1S/C13H22N4O/c1-3-14-12-11(18-2)13(17-9-16-12)15-8-10-6-4-5-7-10/h9-10H,3-8H2,1-2H3,(H2,14,15,16,17). The number of ether oxygens (including phenoxy) is 1. The fourth-order valence-corrected chi connectivity index (χ4v) is 2.44. The van der Waals surface area contributed by atoms with E-state index >= 15 is 0 Å². The van der Waals surface area contributed by atoms with Crippen LogP contribution in [0.2, 0.25) is 0 Å². The van der Waals surface area contributed by atoms with Gasteiger partial charge in [0.25, 0.3) is 0 Å². The lowest BCUT2D eigenvalue weighted by Gasteiger charge is -2.15. The van der Waals surface area contributed by atoms with Gasteiger partial charge < -0.3 is 15.4 Å². The van der Waals surface area contributed by atoms with Crippen molar-refractivity contribution >= 4 is 11.6 Å². The third kappa shape index (κ3) is 3.03. The highest BCUT2D eigenvalue weighted by atomic mass is 16.5. The molecule has 0 aliphatic heterocycles. The molecule has 1 aliphatic carbocycles. The fourth-order valence-electron chi connectivity index (χ4n) is 2.44. The Hall–Kier alpha value is -1.52. The van der Waals surface area contributed by atoms with Crippen molar-refractivity contribution in [1.82, 2.24) is 9.97 Å². The van der Waals surface area contributed by atoms with Gasteiger partial charge in [0.15, 0.2) is 11.6 Å². The van der Waals surface area contributed by atoms with Crippen molar-refractivity contribution < 1.29 is 4.74 Å². The number of nitrogens with one attached hydrogen (secondary N) is 2. The van der Waals surface area contributed by atoms with Crippen LogP contribution in [0.5, 0.6) is 5.75 Å². The van der Waals surface area contributed by atoms with Crippen molar-refractivity contribution in [2.24, 2.45) is 5.92 Å². The van der Waals surface area contributed by atoms with Crippen LogP contribution in [0, 0.1) is 5.92 Å². The van der Waals surface area contributed by atoms with Gasteiger partial charge >= 0.3 is 0 Å². The van der Waals surface area contributed by atoms with E-state index in [-0.39, 0.29) is 0 Å². The van der Waals surface area contributed by atoms with Gasteiger partial charge in [0.05, 0.1) is 7.11 Å². The molecule has 1 aliphatic rings. The summed E-state index contributed by atoms with van der Waals surface area (Å²) in [5.74, 6) is 3.02. The molecule has 18 heavy (non-hydrogen) atoms. The van der Waals surface area contributed by atoms with Gasteiger partial charge in [-0.05, 0) is 25.7 Å². The van der Waals surface area contributed by atoms with Crippen LogP contribution in [0.1, 0.15) is 32.6 Å². The quantitative estimate of drug-likeness (QED) is 0.812. The zero-order valence-corrected chi connectivity index (χ0v) is 11.2. The van der Waals surface area contributed by atoms with Gasteiger partial charge in [-0.1, -0.05) is 12.8 Å². The minimum Gasteiger partial charge on any atom is -0.490 e. The number of nitrogens with zero attached hydrogens (tertiary/aromatic N) is 2. The van der Waals surface area contributed by atoms with Crippen molar-refractivity contribution in [2.75, 3.05) is 30.8 Å². The molecule has 0 aromatic carbocycles. The summed E-state index contributed by atoms with van der Waals surface area (Å²) in [7, 11) is 1.65. The fraction of sp³-hybridized carbons (Fsp3) is 0.692. The number of hydrogen-bond donors (Lipinski definition) is 2. The Kier molecular flexibility index (Phi) is 4.61. The van der Waals surface area contributed by atoms with E-state index in [1.165, 1.54) is 25.7 Å².